The van der Waals surface area contributed by atoms with Crippen molar-refractivity contribution >= 4 is 62.6 Å². The Balaban J connectivity index is 1.10. The maximum Gasteiger partial charge on any atom is 0.344 e. The highest BCUT2D eigenvalue weighted by atomic mass is 16.7. The third-order valence-corrected chi connectivity index (χ3v) is 13.9. The minimum Gasteiger partial charge on any atom is -0.504 e. The van der Waals surface area contributed by atoms with Gasteiger partial charge in [-0.25, -0.2) is 33.6 Å². The summed E-state index contributed by atoms with van der Waals surface area (Å²) in [5.74, 6) is -35.5. The molecule has 0 radical (unpaired) electrons. The number of esters is 5. The van der Waals surface area contributed by atoms with Gasteiger partial charge in [0.1, 0.15) is 18.3 Å². The zero-order chi connectivity index (χ0) is 64.4. The molecule has 0 unspecified atom stereocenters. The maximum absolute atomic E-state index is 15.1. The summed E-state index contributed by atoms with van der Waals surface area (Å²) in [6.07, 6.45) is -13.5. The lowest BCUT2D eigenvalue weighted by molar-refractivity contribution is -0.282. The molecule has 18 N–H and O–H groups in total. The SMILES string of the molecule is O=C(O[C@@H]1O[C@@H]2COC(=O)c3cc(O)c(O)c(O)c3-c3c(cc(O)c(O)c3O)C(=O)O[C@H]2[C@H](OC(=O)c2cc(O)c(O)c(O)c2)[C@H]1OC(=O)c1cc(O)c(O)c(O)c1Oc1cc2c(=O)oc3c(O)c(O)cc4c(=O)oc(c1O)c2c34)c1cc(O)c(O)c(O)c1. The number of carbonyl (C=O) groups is 5. The molecule has 34 heteroatoms. The van der Waals surface area contributed by atoms with Gasteiger partial charge in [-0.1, -0.05) is 0 Å². The summed E-state index contributed by atoms with van der Waals surface area (Å²) in [6.45, 7) is -1.41. The lowest BCUT2D eigenvalue weighted by Crippen LogP contribution is -2.63. The quantitative estimate of drug-likeness (QED) is 0.0341. The fraction of sp³-hybridized carbons (Fsp3) is 0.109. The Morgan fingerprint density at radius 1 is 0.427 bits per heavy atom. The first-order valence-electron chi connectivity index (χ1n) is 24.6. The van der Waals surface area contributed by atoms with Gasteiger partial charge >= 0.3 is 41.1 Å². The van der Waals surface area contributed by atoms with E-state index in [4.69, 9.17) is 42.0 Å². The van der Waals surface area contributed by atoms with Gasteiger partial charge in [0, 0.05) is 34.0 Å². The summed E-state index contributed by atoms with van der Waals surface area (Å²) in [7, 11) is 0. The number of cyclic esters (lactones) is 1. The molecule has 2 aliphatic rings. The molecule has 0 amide bonds. The number of carbonyl (C=O) groups excluding carboxylic acids is 5. The van der Waals surface area contributed by atoms with Crippen LogP contribution in [-0.4, -0.2) is 159 Å². The second-order valence-electron chi connectivity index (χ2n) is 19.2. The maximum atomic E-state index is 15.1. The van der Waals surface area contributed by atoms with Crippen molar-refractivity contribution in [1.29, 1.82) is 0 Å². The standard InChI is InChI=1S/C55H34O34/c56-18-1-11(2-19(57)32(18)64)48(74)87-46-43-27(10-81-50(76)13-5-22(60)34(66)39(71)28(13)29-14(51(77)84-43)6-23(61)35(67)40(29)72)83-55(89-49(75)12-3-20(58)33(65)21(59)4-12)47(46)88-54(80)17-8-24(62)36(68)41(73)42(17)82-26-9-16-31-30-15(52(78)86-45(31)38(26)70)7-25(63)37(69)44(30)85-53(16)79/h1-9,27,43,46-47,55-73H,10H2/t27-,43-,46+,47-,55+/m1/s1. The Labute approximate surface area is 486 Å². The molecule has 7 aromatic carbocycles. The van der Waals surface area contributed by atoms with E-state index < -0.39 is 265 Å². The molecule has 9 aromatic rings. The van der Waals surface area contributed by atoms with E-state index in [2.05, 4.69) is 0 Å². The van der Waals surface area contributed by atoms with Crippen LogP contribution in [0, 0.1) is 0 Å². The van der Waals surface area contributed by atoms with Gasteiger partial charge in [0.25, 0.3) is 0 Å². The van der Waals surface area contributed by atoms with Crippen LogP contribution in [0.5, 0.6) is 115 Å². The van der Waals surface area contributed by atoms with Gasteiger partial charge in [-0.05, 0) is 42.5 Å². The predicted molar refractivity (Wildman–Crippen MR) is 280 cm³/mol. The highest BCUT2D eigenvalue weighted by Crippen LogP contribution is 2.55. The van der Waals surface area contributed by atoms with Crippen LogP contribution in [0.4, 0.5) is 0 Å². The molecule has 0 aliphatic carbocycles. The number of aromatic hydroxyl groups is 18. The smallest absolute Gasteiger partial charge is 0.344 e. The summed E-state index contributed by atoms with van der Waals surface area (Å²) in [6, 6.07) is 4.22. The van der Waals surface area contributed by atoms with Crippen molar-refractivity contribution in [3.63, 3.8) is 0 Å². The Morgan fingerprint density at radius 3 is 1.40 bits per heavy atom. The van der Waals surface area contributed by atoms with Crippen LogP contribution >= 0.6 is 0 Å². The molecule has 34 nitrogen and oxygen atoms in total. The largest absolute Gasteiger partial charge is 0.504 e. The summed E-state index contributed by atoms with van der Waals surface area (Å²) >= 11 is 0. The van der Waals surface area contributed by atoms with E-state index in [1.807, 2.05) is 0 Å². The lowest BCUT2D eigenvalue weighted by atomic mass is 9.92. The average molecular weight is 1240 g/mol. The highest BCUT2D eigenvalue weighted by Gasteiger charge is 2.56. The monoisotopic (exact) mass is 1240 g/mol. The molecule has 0 bridgehead atoms. The Morgan fingerprint density at radius 2 is 0.865 bits per heavy atom. The molecule has 11 rings (SSSR count). The third-order valence-electron chi connectivity index (χ3n) is 13.9. The predicted octanol–water partition coefficient (Wildman–Crippen LogP) is 3.38. The van der Waals surface area contributed by atoms with E-state index in [0.717, 1.165) is 6.07 Å². The number of phenolic OH excluding ortho intramolecular Hbond substituents is 18. The van der Waals surface area contributed by atoms with E-state index >= 15 is 4.79 Å². The van der Waals surface area contributed by atoms with Gasteiger partial charge in [0.2, 0.25) is 46.9 Å². The lowest BCUT2D eigenvalue weighted by Gasteiger charge is -2.43. The van der Waals surface area contributed by atoms with Crippen LogP contribution in [0.3, 0.4) is 0 Å². The fourth-order valence-electron chi connectivity index (χ4n) is 9.69. The van der Waals surface area contributed by atoms with Gasteiger partial charge in [-0.3, -0.25) is 0 Å². The molecule has 1 fully saturated rings. The van der Waals surface area contributed by atoms with Crippen molar-refractivity contribution in [3.05, 3.63) is 103 Å². The molecule has 0 spiro atoms. The van der Waals surface area contributed by atoms with Crippen molar-refractivity contribution < 1.29 is 158 Å². The molecule has 4 heterocycles. The fourth-order valence-corrected chi connectivity index (χ4v) is 9.69. The summed E-state index contributed by atoms with van der Waals surface area (Å²) < 4.78 is 50.3. The number of hydrogen-bond donors (Lipinski definition) is 18. The third kappa shape index (κ3) is 9.24. The number of fused-ring (bicyclic) bond motifs is 4. The van der Waals surface area contributed by atoms with Crippen molar-refractivity contribution in [1.82, 2.24) is 0 Å². The van der Waals surface area contributed by atoms with Crippen molar-refractivity contribution in [2.75, 3.05) is 6.61 Å². The van der Waals surface area contributed by atoms with Crippen LogP contribution in [-0.2, 0) is 28.4 Å². The molecule has 2 aromatic heterocycles. The summed E-state index contributed by atoms with van der Waals surface area (Å²) in [4.78, 5) is 99.3. The van der Waals surface area contributed by atoms with Gasteiger partial charge < -0.3 is 134 Å². The average Bonchev–Trinajstić information content (AvgIpc) is 0.960. The van der Waals surface area contributed by atoms with Crippen LogP contribution < -0.4 is 16.0 Å². The second-order valence-corrected chi connectivity index (χ2v) is 19.2. The zero-order valence-electron chi connectivity index (χ0n) is 43.4. The first-order valence-corrected chi connectivity index (χ1v) is 24.6. The van der Waals surface area contributed by atoms with E-state index in [-0.39, 0.29) is 6.07 Å². The minimum absolute atomic E-state index is 0.261. The molecule has 2 aliphatic heterocycles. The van der Waals surface area contributed by atoms with Crippen LogP contribution in [0.25, 0.3) is 43.8 Å². The van der Waals surface area contributed by atoms with E-state index in [1.165, 1.54) is 0 Å². The van der Waals surface area contributed by atoms with Gasteiger partial charge in [-0.15, -0.1) is 0 Å². The van der Waals surface area contributed by atoms with Crippen LogP contribution in [0.2, 0.25) is 0 Å². The normalized spacial score (nSPS) is 17.4. The molecule has 5 atom stereocenters. The van der Waals surface area contributed by atoms with Crippen LogP contribution in [0.1, 0.15) is 51.8 Å². The van der Waals surface area contributed by atoms with E-state index in [9.17, 15) is 121 Å². The molecule has 1 saturated heterocycles. The summed E-state index contributed by atoms with van der Waals surface area (Å²) in [5, 5.41) is 190. The first kappa shape index (κ1) is 57.8. The van der Waals surface area contributed by atoms with Crippen molar-refractivity contribution in [2.24, 2.45) is 0 Å². The van der Waals surface area contributed by atoms with Crippen molar-refractivity contribution in [3.8, 4) is 126 Å². The highest BCUT2D eigenvalue weighted by molar-refractivity contribution is 6.22. The molecule has 458 valence electrons. The summed E-state index contributed by atoms with van der Waals surface area (Å²) in [5.41, 5.74) is -12.3. The Kier molecular flexibility index (Phi) is 13.4. The Bertz CT molecular complexity index is 4700. The second kappa shape index (κ2) is 20.7. The topological polar surface area (TPSA) is 575 Å². The van der Waals surface area contributed by atoms with Gasteiger partial charge in [-0.2, -0.15) is 0 Å². The number of phenols is 18. The Hall–Kier alpha value is -13.0. The first-order chi connectivity index (χ1) is 42.0. The number of ether oxygens (including phenoxy) is 7. The minimum atomic E-state index is -2.88. The van der Waals surface area contributed by atoms with E-state index in [0.29, 0.717) is 42.5 Å². The molecule has 0 saturated carbocycles. The van der Waals surface area contributed by atoms with Crippen LogP contribution in [0.15, 0.2) is 73.0 Å². The number of rotatable bonds is 8. The number of hydrogen-bond acceptors (Lipinski definition) is 34. The molecule has 89 heavy (non-hydrogen) atoms. The van der Waals surface area contributed by atoms with E-state index in [1.54, 1.807) is 0 Å². The zero-order valence-corrected chi connectivity index (χ0v) is 43.4. The van der Waals surface area contributed by atoms with Gasteiger partial charge in [0.15, 0.2) is 104 Å². The molecular formula is C55H34O34. The molecular weight excluding hydrogens is 1200 g/mol. The van der Waals surface area contributed by atoms with Crippen molar-refractivity contribution in [2.45, 2.75) is 30.7 Å². The van der Waals surface area contributed by atoms with Gasteiger partial charge in [0.05, 0.1) is 33.0 Å². The number of benzene rings is 7.